The number of aromatic nitrogens is 2. The lowest BCUT2D eigenvalue weighted by Gasteiger charge is -2.34. The Hall–Kier alpha value is -3.26. The number of anilines is 1. The average molecular weight is 469 g/mol. The van der Waals surface area contributed by atoms with Crippen molar-refractivity contribution in [2.24, 2.45) is 11.7 Å². The number of nitrogens with zero attached hydrogens (tertiary/aromatic N) is 3. The van der Waals surface area contributed by atoms with Crippen LogP contribution in [0, 0.1) is 24.5 Å². The molecule has 4 rings (SSSR count). The molecule has 1 aliphatic rings. The van der Waals surface area contributed by atoms with Gasteiger partial charge in [0.15, 0.2) is 0 Å². The zero-order valence-corrected chi connectivity index (χ0v) is 19.5. The Morgan fingerprint density at radius 1 is 1.03 bits per heavy atom. The van der Waals surface area contributed by atoms with Gasteiger partial charge in [-0.15, -0.1) is 0 Å². The summed E-state index contributed by atoms with van der Waals surface area (Å²) >= 11 is 0. The predicted molar refractivity (Wildman–Crippen MR) is 129 cm³/mol. The zero-order chi connectivity index (χ0) is 24.4. The summed E-state index contributed by atoms with van der Waals surface area (Å²) in [6, 6.07) is 12.2. The van der Waals surface area contributed by atoms with E-state index in [1.165, 1.54) is 10.6 Å². The van der Waals surface area contributed by atoms with Gasteiger partial charge >= 0.3 is 5.69 Å². The highest BCUT2D eigenvalue weighted by molar-refractivity contribution is 5.49. The molecular weight excluding hydrogens is 438 g/mol. The first kappa shape index (κ1) is 23.9. The third-order valence-corrected chi connectivity index (χ3v) is 6.62. The fraction of sp³-hybridized carbons (Fsp3) is 0.385. The summed E-state index contributed by atoms with van der Waals surface area (Å²) in [4.78, 5) is 29.1. The molecule has 34 heavy (non-hydrogen) atoms. The van der Waals surface area contributed by atoms with Crippen LogP contribution in [0.25, 0.3) is 0 Å². The molecular formula is C26H30F2N4O2. The lowest BCUT2D eigenvalue weighted by atomic mass is 9.99. The van der Waals surface area contributed by atoms with E-state index in [9.17, 15) is 18.4 Å². The van der Waals surface area contributed by atoms with Gasteiger partial charge in [0.1, 0.15) is 17.3 Å². The van der Waals surface area contributed by atoms with Gasteiger partial charge in [0.05, 0.1) is 13.1 Å². The van der Waals surface area contributed by atoms with Crippen molar-refractivity contribution in [1.82, 2.24) is 9.13 Å². The van der Waals surface area contributed by atoms with Gasteiger partial charge in [0, 0.05) is 30.4 Å². The minimum Gasteiger partial charge on any atom is -0.365 e. The molecule has 6 nitrogen and oxygen atoms in total. The smallest absolute Gasteiger partial charge is 0.331 e. The van der Waals surface area contributed by atoms with Crippen LogP contribution in [0.2, 0.25) is 0 Å². The topological polar surface area (TPSA) is 73.3 Å². The summed E-state index contributed by atoms with van der Waals surface area (Å²) in [5.74, 6) is -1.09. The molecule has 0 aliphatic carbocycles. The van der Waals surface area contributed by atoms with Crippen molar-refractivity contribution in [3.63, 3.8) is 0 Å². The molecule has 2 N–H and O–H groups in total. The fourth-order valence-corrected chi connectivity index (χ4v) is 4.73. The van der Waals surface area contributed by atoms with E-state index in [1.807, 2.05) is 35.2 Å². The standard InChI is InChI=1S/C26H30F2N4O2/c1-17-8-7-13-30(14-17)24-18(2)31(15-20-21(27)11-6-12-22(20)28)26(34)32(25(24)33)16-23(29)19-9-4-3-5-10-19/h3-6,9-12,17,23H,7-8,13-16,29H2,1-2H3/t17?,23-/m1/s1. The van der Waals surface area contributed by atoms with Crippen molar-refractivity contribution in [2.45, 2.75) is 45.8 Å². The fourth-order valence-electron chi connectivity index (χ4n) is 4.73. The van der Waals surface area contributed by atoms with E-state index < -0.39 is 28.9 Å². The summed E-state index contributed by atoms with van der Waals surface area (Å²) in [5.41, 5.74) is 6.66. The van der Waals surface area contributed by atoms with Gasteiger partial charge in [-0.05, 0) is 43.4 Å². The highest BCUT2D eigenvalue weighted by Gasteiger charge is 2.26. The largest absolute Gasteiger partial charge is 0.365 e. The van der Waals surface area contributed by atoms with Crippen molar-refractivity contribution >= 4 is 5.69 Å². The molecule has 2 aromatic carbocycles. The van der Waals surface area contributed by atoms with E-state index in [2.05, 4.69) is 6.92 Å². The quantitative estimate of drug-likeness (QED) is 0.600. The Balaban J connectivity index is 1.86. The second-order valence-corrected chi connectivity index (χ2v) is 9.13. The lowest BCUT2D eigenvalue weighted by Crippen LogP contribution is -2.48. The number of rotatable bonds is 6. The lowest BCUT2D eigenvalue weighted by molar-refractivity contribution is 0.438. The molecule has 0 bridgehead atoms. The first-order valence-corrected chi connectivity index (χ1v) is 11.6. The van der Waals surface area contributed by atoms with Crippen LogP contribution in [-0.2, 0) is 13.1 Å². The average Bonchev–Trinajstić information content (AvgIpc) is 2.81. The van der Waals surface area contributed by atoms with Gasteiger partial charge in [0.2, 0.25) is 0 Å². The van der Waals surface area contributed by atoms with Gasteiger partial charge < -0.3 is 10.6 Å². The first-order chi connectivity index (χ1) is 16.3. The third kappa shape index (κ3) is 4.68. The molecule has 1 saturated heterocycles. The highest BCUT2D eigenvalue weighted by Crippen LogP contribution is 2.24. The monoisotopic (exact) mass is 468 g/mol. The molecule has 2 atom stereocenters. The zero-order valence-electron chi connectivity index (χ0n) is 19.5. The van der Waals surface area contributed by atoms with E-state index in [-0.39, 0.29) is 18.7 Å². The van der Waals surface area contributed by atoms with E-state index in [4.69, 9.17) is 5.73 Å². The number of halogens is 2. The number of hydrogen-bond acceptors (Lipinski definition) is 4. The highest BCUT2D eigenvalue weighted by atomic mass is 19.1. The van der Waals surface area contributed by atoms with Crippen LogP contribution >= 0.6 is 0 Å². The summed E-state index contributed by atoms with van der Waals surface area (Å²) in [5, 5.41) is 0. The molecule has 0 radical (unpaired) electrons. The maximum atomic E-state index is 14.5. The minimum atomic E-state index is -0.738. The van der Waals surface area contributed by atoms with Crippen molar-refractivity contribution in [2.75, 3.05) is 18.0 Å². The molecule has 0 amide bonds. The second-order valence-electron chi connectivity index (χ2n) is 9.13. The third-order valence-electron chi connectivity index (χ3n) is 6.62. The summed E-state index contributed by atoms with van der Waals surface area (Å²) < 4.78 is 31.3. The van der Waals surface area contributed by atoms with Gasteiger partial charge in [-0.25, -0.2) is 13.6 Å². The van der Waals surface area contributed by atoms with Crippen LogP contribution in [-0.4, -0.2) is 22.2 Å². The van der Waals surface area contributed by atoms with E-state index in [1.54, 1.807) is 6.92 Å². The van der Waals surface area contributed by atoms with Crippen molar-refractivity contribution < 1.29 is 8.78 Å². The Bertz CT molecular complexity index is 1270. The second kappa shape index (κ2) is 9.93. The molecule has 8 heteroatoms. The summed E-state index contributed by atoms with van der Waals surface area (Å²) in [6.45, 7) is 4.77. The molecule has 0 saturated carbocycles. The molecule has 180 valence electrons. The Morgan fingerprint density at radius 3 is 2.35 bits per heavy atom. The number of hydrogen-bond donors (Lipinski definition) is 1. The molecule has 1 unspecified atom stereocenters. The normalized spacial score (nSPS) is 17.1. The van der Waals surface area contributed by atoms with Gasteiger partial charge in [0.25, 0.3) is 5.56 Å². The Morgan fingerprint density at radius 2 is 1.71 bits per heavy atom. The van der Waals surface area contributed by atoms with E-state index in [0.717, 1.165) is 35.1 Å². The van der Waals surface area contributed by atoms with Crippen LogP contribution < -0.4 is 21.9 Å². The van der Waals surface area contributed by atoms with Crippen molar-refractivity contribution in [3.8, 4) is 0 Å². The van der Waals surface area contributed by atoms with Crippen LogP contribution in [0.3, 0.4) is 0 Å². The summed E-state index contributed by atoms with van der Waals surface area (Å²) in [7, 11) is 0. The minimum absolute atomic E-state index is 0.0435. The molecule has 0 spiro atoms. The van der Waals surface area contributed by atoms with Gasteiger partial charge in [-0.1, -0.05) is 43.3 Å². The number of nitrogens with two attached hydrogens (primary N) is 1. The molecule has 1 aliphatic heterocycles. The van der Waals surface area contributed by atoms with Crippen molar-refractivity contribution in [3.05, 3.63) is 97.8 Å². The first-order valence-electron chi connectivity index (χ1n) is 11.6. The SMILES string of the molecule is Cc1c(N2CCCC(C)C2)c(=O)n(C[C@@H](N)c2ccccc2)c(=O)n1Cc1c(F)cccc1F. The Kier molecular flexibility index (Phi) is 6.97. The molecule has 1 aromatic heterocycles. The van der Waals surface area contributed by atoms with Crippen LogP contribution in [0.1, 0.15) is 42.6 Å². The molecule has 2 heterocycles. The van der Waals surface area contributed by atoms with E-state index in [0.29, 0.717) is 30.4 Å². The maximum Gasteiger partial charge on any atom is 0.331 e. The molecule has 3 aromatic rings. The Labute approximate surface area is 197 Å². The van der Waals surface area contributed by atoms with Gasteiger partial charge in [-0.2, -0.15) is 0 Å². The van der Waals surface area contributed by atoms with Crippen LogP contribution in [0.15, 0.2) is 58.1 Å². The van der Waals surface area contributed by atoms with Crippen LogP contribution in [0.5, 0.6) is 0 Å². The summed E-state index contributed by atoms with van der Waals surface area (Å²) in [6.07, 6.45) is 1.98. The van der Waals surface area contributed by atoms with Crippen molar-refractivity contribution in [1.29, 1.82) is 0 Å². The van der Waals surface area contributed by atoms with E-state index >= 15 is 0 Å². The number of piperidine rings is 1. The van der Waals surface area contributed by atoms with Crippen LogP contribution in [0.4, 0.5) is 14.5 Å². The molecule has 1 fully saturated rings. The number of benzene rings is 2. The predicted octanol–water partition coefficient (Wildman–Crippen LogP) is 3.58. The van der Waals surface area contributed by atoms with Gasteiger partial charge in [-0.3, -0.25) is 13.9 Å². The maximum absolute atomic E-state index is 14.5.